The zero-order chi connectivity index (χ0) is 22.5. The van der Waals surface area contributed by atoms with Gasteiger partial charge in [0.05, 0.1) is 17.7 Å². The summed E-state index contributed by atoms with van der Waals surface area (Å²) in [5.74, 6) is 0.185. The van der Waals surface area contributed by atoms with E-state index in [0.29, 0.717) is 28.1 Å². The molecule has 1 saturated heterocycles. The molecule has 3 rings (SSSR count). The molecule has 0 aliphatic carbocycles. The molecule has 2 amide bonds. The molecule has 1 aliphatic heterocycles. The number of primary amides is 1. The summed E-state index contributed by atoms with van der Waals surface area (Å²) in [6, 6.07) is 11.3. The number of rotatable bonds is 7. The Bertz CT molecular complexity index is 1080. The van der Waals surface area contributed by atoms with Crippen molar-refractivity contribution in [2.24, 2.45) is 10.7 Å². The van der Waals surface area contributed by atoms with Gasteiger partial charge in [0.1, 0.15) is 0 Å². The first-order chi connectivity index (χ1) is 14.8. The SMILES string of the molecule is CCN1C(=O)/C(=C\c2ccc(OCC(N)=O)c(OC)c2)SC1=Nc1cc(C)ccc1C. The van der Waals surface area contributed by atoms with E-state index in [9.17, 15) is 9.59 Å². The fraction of sp³-hybridized carbons (Fsp3) is 0.261. The quantitative estimate of drug-likeness (QED) is 0.662. The lowest BCUT2D eigenvalue weighted by molar-refractivity contribution is -0.122. The first-order valence-electron chi connectivity index (χ1n) is 9.79. The van der Waals surface area contributed by atoms with Crippen LogP contribution in [0.4, 0.5) is 5.69 Å². The molecule has 0 unspecified atom stereocenters. The normalized spacial score (nSPS) is 16.3. The van der Waals surface area contributed by atoms with Gasteiger partial charge in [0.25, 0.3) is 11.8 Å². The molecule has 0 saturated carbocycles. The third-order valence-electron chi connectivity index (χ3n) is 4.64. The largest absolute Gasteiger partial charge is 0.493 e. The van der Waals surface area contributed by atoms with Gasteiger partial charge in [-0.1, -0.05) is 18.2 Å². The highest BCUT2D eigenvalue weighted by Crippen LogP contribution is 2.36. The van der Waals surface area contributed by atoms with Gasteiger partial charge in [-0.3, -0.25) is 14.5 Å². The van der Waals surface area contributed by atoms with Crippen LogP contribution in [-0.4, -0.2) is 42.1 Å². The average Bonchev–Trinajstić information content (AvgIpc) is 3.03. The van der Waals surface area contributed by atoms with Gasteiger partial charge in [-0.05, 0) is 73.5 Å². The summed E-state index contributed by atoms with van der Waals surface area (Å²) in [6.07, 6.45) is 1.79. The third-order valence-corrected chi connectivity index (χ3v) is 5.65. The Morgan fingerprint density at radius 1 is 1.19 bits per heavy atom. The molecule has 2 aromatic rings. The molecular formula is C23H25N3O4S. The molecule has 0 radical (unpaired) electrons. The molecular weight excluding hydrogens is 414 g/mol. The minimum Gasteiger partial charge on any atom is -0.493 e. The number of nitrogens with two attached hydrogens (primary N) is 1. The smallest absolute Gasteiger partial charge is 0.266 e. The summed E-state index contributed by atoms with van der Waals surface area (Å²) in [4.78, 5) is 30.9. The molecule has 162 valence electrons. The van der Waals surface area contributed by atoms with Crippen molar-refractivity contribution in [2.75, 3.05) is 20.3 Å². The second-order valence-corrected chi connectivity index (χ2v) is 8.02. The van der Waals surface area contributed by atoms with E-state index in [-0.39, 0.29) is 12.5 Å². The lowest BCUT2D eigenvalue weighted by Crippen LogP contribution is -2.28. The van der Waals surface area contributed by atoms with Crippen LogP contribution >= 0.6 is 11.8 Å². The Morgan fingerprint density at radius 3 is 2.65 bits per heavy atom. The van der Waals surface area contributed by atoms with Gasteiger partial charge < -0.3 is 15.2 Å². The molecule has 2 N–H and O–H groups in total. The van der Waals surface area contributed by atoms with Crippen molar-refractivity contribution in [3.8, 4) is 11.5 Å². The molecule has 0 aromatic heterocycles. The summed E-state index contributed by atoms with van der Waals surface area (Å²) in [5.41, 5.74) is 8.91. The minimum atomic E-state index is -0.573. The van der Waals surface area contributed by atoms with E-state index in [1.807, 2.05) is 39.0 Å². The lowest BCUT2D eigenvalue weighted by atomic mass is 10.1. The zero-order valence-corrected chi connectivity index (χ0v) is 18.8. The second kappa shape index (κ2) is 9.70. The number of hydrogen-bond donors (Lipinski definition) is 1. The van der Waals surface area contributed by atoms with Crippen LogP contribution in [0.5, 0.6) is 11.5 Å². The van der Waals surface area contributed by atoms with E-state index in [1.54, 1.807) is 29.2 Å². The van der Waals surface area contributed by atoms with Crippen LogP contribution in [-0.2, 0) is 9.59 Å². The van der Waals surface area contributed by atoms with Crippen LogP contribution in [0, 0.1) is 13.8 Å². The Morgan fingerprint density at radius 2 is 1.97 bits per heavy atom. The van der Waals surface area contributed by atoms with Gasteiger partial charge in [-0.15, -0.1) is 0 Å². The van der Waals surface area contributed by atoms with Crippen molar-refractivity contribution < 1.29 is 19.1 Å². The number of methoxy groups -OCH3 is 1. The molecule has 1 aliphatic rings. The topological polar surface area (TPSA) is 94.2 Å². The van der Waals surface area contributed by atoms with Crippen molar-refractivity contribution in [1.29, 1.82) is 0 Å². The number of carbonyl (C=O) groups excluding carboxylic acids is 2. The maximum Gasteiger partial charge on any atom is 0.266 e. The highest BCUT2D eigenvalue weighted by Gasteiger charge is 2.32. The van der Waals surface area contributed by atoms with Gasteiger partial charge in [0, 0.05) is 6.54 Å². The van der Waals surface area contributed by atoms with Crippen molar-refractivity contribution in [3.05, 3.63) is 58.0 Å². The van der Waals surface area contributed by atoms with Crippen LogP contribution in [0.1, 0.15) is 23.6 Å². The Kier molecular flexibility index (Phi) is 7.02. The summed E-state index contributed by atoms with van der Waals surface area (Å²) in [6.45, 7) is 6.23. The van der Waals surface area contributed by atoms with E-state index in [1.165, 1.54) is 18.9 Å². The maximum atomic E-state index is 12.9. The van der Waals surface area contributed by atoms with Crippen molar-refractivity contribution in [1.82, 2.24) is 4.90 Å². The monoisotopic (exact) mass is 439 g/mol. The molecule has 0 bridgehead atoms. The summed E-state index contributed by atoms with van der Waals surface area (Å²) in [5, 5.41) is 0.654. The van der Waals surface area contributed by atoms with E-state index in [4.69, 9.17) is 20.2 Å². The highest BCUT2D eigenvalue weighted by atomic mass is 32.2. The Labute approximate surface area is 185 Å². The number of aliphatic imine (C=N–C) groups is 1. The maximum absolute atomic E-state index is 12.9. The molecule has 8 heteroatoms. The van der Waals surface area contributed by atoms with Gasteiger partial charge in [-0.2, -0.15) is 0 Å². The number of likely N-dealkylation sites (N-methyl/N-ethyl adjacent to an activating group) is 1. The number of amides is 2. The minimum absolute atomic E-state index is 0.0930. The van der Waals surface area contributed by atoms with E-state index in [0.717, 1.165) is 22.4 Å². The highest BCUT2D eigenvalue weighted by molar-refractivity contribution is 8.18. The second-order valence-electron chi connectivity index (χ2n) is 7.01. The van der Waals surface area contributed by atoms with E-state index >= 15 is 0 Å². The van der Waals surface area contributed by atoms with Crippen molar-refractivity contribution in [2.45, 2.75) is 20.8 Å². The van der Waals surface area contributed by atoms with Crippen LogP contribution in [0.15, 0.2) is 46.3 Å². The van der Waals surface area contributed by atoms with E-state index in [2.05, 4.69) is 0 Å². The Hall–Kier alpha value is -3.26. The molecule has 7 nitrogen and oxygen atoms in total. The number of ether oxygens (including phenoxy) is 2. The van der Waals surface area contributed by atoms with Crippen LogP contribution in [0.2, 0.25) is 0 Å². The van der Waals surface area contributed by atoms with Gasteiger partial charge in [-0.25, -0.2) is 4.99 Å². The standard InChI is InChI=1S/C23H25N3O4S/c1-5-26-22(28)20(31-23(26)25-17-10-14(2)6-7-15(17)3)12-16-8-9-18(19(11-16)29-4)30-13-21(24)27/h6-12H,5,13H2,1-4H3,(H2,24,27)/b20-12+,25-23?. The number of benzene rings is 2. The number of carbonyl (C=O) groups is 2. The predicted octanol–water partition coefficient (Wildman–Crippen LogP) is 3.80. The molecule has 1 heterocycles. The lowest BCUT2D eigenvalue weighted by Gasteiger charge is -2.13. The number of amidine groups is 1. The number of hydrogen-bond acceptors (Lipinski definition) is 6. The number of thioether (sulfide) groups is 1. The van der Waals surface area contributed by atoms with E-state index < -0.39 is 5.91 Å². The van der Waals surface area contributed by atoms with Crippen LogP contribution in [0.25, 0.3) is 6.08 Å². The van der Waals surface area contributed by atoms with Crippen molar-refractivity contribution >= 4 is 40.5 Å². The van der Waals surface area contributed by atoms with Gasteiger partial charge in [0.2, 0.25) is 0 Å². The third kappa shape index (κ3) is 5.27. The summed E-state index contributed by atoms with van der Waals surface area (Å²) < 4.78 is 10.7. The van der Waals surface area contributed by atoms with Gasteiger partial charge in [0.15, 0.2) is 23.3 Å². The zero-order valence-electron chi connectivity index (χ0n) is 18.0. The Balaban J connectivity index is 1.91. The predicted molar refractivity (Wildman–Crippen MR) is 124 cm³/mol. The summed E-state index contributed by atoms with van der Waals surface area (Å²) in [7, 11) is 1.51. The first-order valence-corrected chi connectivity index (χ1v) is 10.6. The molecule has 1 fully saturated rings. The molecule has 31 heavy (non-hydrogen) atoms. The van der Waals surface area contributed by atoms with Crippen LogP contribution in [0.3, 0.4) is 0 Å². The molecule has 0 spiro atoms. The fourth-order valence-electron chi connectivity index (χ4n) is 3.01. The van der Waals surface area contributed by atoms with Crippen LogP contribution < -0.4 is 15.2 Å². The van der Waals surface area contributed by atoms with Gasteiger partial charge >= 0.3 is 0 Å². The molecule has 0 atom stereocenters. The summed E-state index contributed by atoms with van der Waals surface area (Å²) >= 11 is 1.34. The number of nitrogens with zero attached hydrogens (tertiary/aromatic N) is 2. The fourth-order valence-corrected chi connectivity index (χ4v) is 4.06. The van der Waals surface area contributed by atoms with Crippen molar-refractivity contribution in [3.63, 3.8) is 0 Å². The molecule has 2 aromatic carbocycles. The average molecular weight is 440 g/mol. The number of aryl methyl sites for hydroxylation is 2. The first kappa shape index (κ1) is 22.4.